The number of carbonyl (C=O) groups excluding carboxylic acids is 2. The standard InChI is InChI=1S/C27H32N2O6Si/c1-5-13-28-20-11-10-18(29-21-8-6-7-9-22(21)34-16-24(29)31)15-19(20)27(26(28)32)17(2)25(36(3,4)33)23(35-27)12-14-30/h5-11,15,17,23,25,30,33H,1,12-14,16H2,2-4H3/t17-,23+,25-,27+/m1/s1. The first-order chi connectivity index (χ1) is 17.1. The summed E-state index contributed by atoms with van der Waals surface area (Å²) in [5.74, 6) is -0.155. The lowest BCUT2D eigenvalue weighted by Crippen LogP contribution is -2.46. The lowest BCUT2D eigenvalue weighted by Gasteiger charge is -2.33. The lowest BCUT2D eigenvalue weighted by molar-refractivity contribution is -0.146. The molecule has 3 heterocycles. The number of rotatable bonds is 6. The third kappa shape index (κ3) is 3.53. The van der Waals surface area contributed by atoms with E-state index in [0.29, 0.717) is 41.3 Å². The first-order valence-corrected chi connectivity index (χ1v) is 15.3. The van der Waals surface area contributed by atoms with Crippen molar-refractivity contribution in [2.24, 2.45) is 5.92 Å². The first-order valence-electron chi connectivity index (χ1n) is 12.3. The van der Waals surface area contributed by atoms with Crippen LogP contribution in [0.3, 0.4) is 0 Å². The Balaban J connectivity index is 1.69. The van der Waals surface area contributed by atoms with Crippen molar-refractivity contribution in [3.8, 4) is 5.75 Å². The minimum Gasteiger partial charge on any atom is -0.482 e. The van der Waals surface area contributed by atoms with Gasteiger partial charge in [0.1, 0.15) is 5.75 Å². The zero-order valence-corrected chi connectivity index (χ0v) is 21.8. The van der Waals surface area contributed by atoms with Gasteiger partial charge in [0.25, 0.3) is 11.8 Å². The van der Waals surface area contributed by atoms with Gasteiger partial charge in [-0.1, -0.05) is 25.1 Å². The summed E-state index contributed by atoms with van der Waals surface area (Å²) >= 11 is 0. The van der Waals surface area contributed by atoms with Crippen molar-refractivity contribution in [2.45, 2.75) is 43.7 Å². The number of ether oxygens (including phenoxy) is 2. The van der Waals surface area contributed by atoms with E-state index < -0.39 is 20.0 Å². The molecule has 0 aliphatic carbocycles. The fourth-order valence-electron chi connectivity index (χ4n) is 6.30. The fraction of sp³-hybridized carbons (Fsp3) is 0.407. The van der Waals surface area contributed by atoms with Crippen molar-refractivity contribution in [2.75, 3.05) is 29.6 Å². The third-order valence-electron chi connectivity index (χ3n) is 7.66. The summed E-state index contributed by atoms with van der Waals surface area (Å²) < 4.78 is 12.2. The highest BCUT2D eigenvalue weighted by atomic mass is 28.4. The van der Waals surface area contributed by atoms with Crippen LogP contribution in [0.2, 0.25) is 18.6 Å². The molecule has 0 saturated carbocycles. The van der Waals surface area contributed by atoms with Crippen molar-refractivity contribution in [1.82, 2.24) is 0 Å². The molecule has 4 atom stereocenters. The van der Waals surface area contributed by atoms with Crippen molar-refractivity contribution in [3.05, 3.63) is 60.7 Å². The van der Waals surface area contributed by atoms with Gasteiger partial charge in [-0.25, -0.2) is 0 Å². The van der Waals surface area contributed by atoms with E-state index in [9.17, 15) is 19.5 Å². The predicted octanol–water partition coefficient (Wildman–Crippen LogP) is 3.46. The van der Waals surface area contributed by atoms with Crippen LogP contribution in [-0.4, -0.2) is 55.9 Å². The number of carbonyl (C=O) groups is 2. The predicted molar refractivity (Wildman–Crippen MR) is 139 cm³/mol. The van der Waals surface area contributed by atoms with E-state index in [1.807, 2.05) is 62.5 Å². The van der Waals surface area contributed by atoms with Crippen molar-refractivity contribution in [3.63, 3.8) is 0 Å². The maximum Gasteiger partial charge on any atom is 0.269 e. The van der Waals surface area contributed by atoms with E-state index in [2.05, 4.69) is 6.58 Å². The minimum atomic E-state index is -2.78. The van der Waals surface area contributed by atoms with E-state index in [1.165, 1.54) is 0 Å². The molecule has 190 valence electrons. The van der Waals surface area contributed by atoms with Crippen LogP contribution in [0.5, 0.6) is 5.75 Å². The van der Waals surface area contributed by atoms with Crippen molar-refractivity contribution in [1.29, 1.82) is 0 Å². The van der Waals surface area contributed by atoms with Crippen LogP contribution in [0.1, 0.15) is 18.9 Å². The maximum atomic E-state index is 14.1. The summed E-state index contributed by atoms with van der Waals surface area (Å²) in [5, 5.41) is 9.75. The second-order valence-electron chi connectivity index (χ2n) is 10.3. The number of benzene rings is 2. The highest BCUT2D eigenvalue weighted by Crippen LogP contribution is 2.60. The number of anilines is 3. The summed E-state index contributed by atoms with van der Waals surface area (Å²) in [6, 6.07) is 12.9. The van der Waals surface area contributed by atoms with E-state index in [1.54, 1.807) is 15.9 Å². The maximum absolute atomic E-state index is 14.1. The molecule has 0 unspecified atom stereocenters. The van der Waals surface area contributed by atoms with E-state index in [4.69, 9.17) is 9.47 Å². The van der Waals surface area contributed by atoms with E-state index in [0.717, 1.165) is 0 Å². The van der Waals surface area contributed by atoms with Crippen LogP contribution < -0.4 is 14.5 Å². The molecule has 8 nitrogen and oxygen atoms in total. The molecule has 0 radical (unpaired) electrons. The highest BCUT2D eigenvalue weighted by molar-refractivity contribution is 6.71. The van der Waals surface area contributed by atoms with E-state index in [-0.39, 0.29) is 36.5 Å². The molecule has 3 aliphatic heterocycles. The van der Waals surface area contributed by atoms with Gasteiger partial charge in [0.15, 0.2) is 20.5 Å². The van der Waals surface area contributed by atoms with Crippen LogP contribution >= 0.6 is 0 Å². The number of amides is 2. The molecule has 1 fully saturated rings. The minimum absolute atomic E-state index is 0.0847. The van der Waals surface area contributed by atoms with Gasteiger partial charge in [-0.3, -0.25) is 14.5 Å². The molecule has 9 heteroatoms. The van der Waals surface area contributed by atoms with Gasteiger partial charge in [0.2, 0.25) is 0 Å². The SMILES string of the molecule is C=CCN1C(=O)[C@@]2(O[C@@H](CCO)[C@H]([Si](C)(C)O)[C@H]2C)c2cc(N3C(=O)COc4ccccc43)ccc21. The van der Waals surface area contributed by atoms with Crippen LogP contribution in [-0.2, 0) is 19.9 Å². The summed E-state index contributed by atoms with van der Waals surface area (Å²) in [4.78, 5) is 41.6. The number of fused-ring (bicyclic) bond motifs is 3. The fourth-order valence-corrected chi connectivity index (χ4v) is 8.90. The number of aliphatic hydroxyl groups excluding tert-OH is 1. The second-order valence-corrected chi connectivity index (χ2v) is 14.2. The Hall–Kier alpha value is -2.98. The second kappa shape index (κ2) is 8.84. The van der Waals surface area contributed by atoms with E-state index >= 15 is 0 Å². The lowest BCUT2D eigenvalue weighted by atomic mass is 9.82. The molecule has 0 aromatic heterocycles. The molecule has 5 rings (SSSR count). The Morgan fingerprint density at radius 3 is 2.64 bits per heavy atom. The Bertz CT molecular complexity index is 1230. The molecule has 1 spiro atoms. The van der Waals surface area contributed by atoms with Crippen LogP contribution in [0.4, 0.5) is 17.1 Å². The van der Waals surface area contributed by atoms with Gasteiger partial charge in [-0.05, 0) is 49.8 Å². The van der Waals surface area contributed by atoms with Crippen LogP contribution in [0, 0.1) is 5.92 Å². The normalized spacial score (nSPS) is 27.3. The van der Waals surface area contributed by atoms with Gasteiger partial charge in [0.05, 0.1) is 17.5 Å². The number of para-hydroxylation sites is 2. The molecule has 36 heavy (non-hydrogen) atoms. The molecule has 2 amide bonds. The molecule has 1 saturated heterocycles. The third-order valence-corrected chi connectivity index (χ3v) is 10.2. The monoisotopic (exact) mass is 508 g/mol. The summed E-state index contributed by atoms with van der Waals surface area (Å²) in [6.45, 7) is 9.59. The highest BCUT2D eigenvalue weighted by Gasteiger charge is 2.66. The number of aliphatic hydroxyl groups is 1. The molecule has 2 N–H and O–H groups in total. The molecular weight excluding hydrogens is 476 g/mol. The molecule has 0 bridgehead atoms. The van der Waals surface area contributed by atoms with Crippen molar-refractivity contribution >= 4 is 37.2 Å². The summed E-state index contributed by atoms with van der Waals surface area (Å²) in [7, 11) is -2.78. The summed E-state index contributed by atoms with van der Waals surface area (Å²) in [5.41, 5.74) is 1.02. The molecule has 2 aromatic rings. The Labute approximate surface area is 211 Å². The number of hydrogen-bond donors (Lipinski definition) is 2. The quantitative estimate of drug-likeness (QED) is 0.458. The Morgan fingerprint density at radius 1 is 1.19 bits per heavy atom. The van der Waals surface area contributed by atoms with Gasteiger partial charge >= 0.3 is 0 Å². The number of nitrogens with zero attached hydrogens (tertiary/aromatic N) is 2. The average molecular weight is 509 g/mol. The van der Waals surface area contributed by atoms with Crippen LogP contribution in [0.15, 0.2) is 55.1 Å². The largest absolute Gasteiger partial charge is 0.482 e. The van der Waals surface area contributed by atoms with Crippen LogP contribution in [0.25, 0.3) is 0 Å². The van der Waals surface area contributed by atoms with Crippen molar-refractivity contribution < 1.29 is 29.0 Å². The molecule has 3 aliphatic rings. The number of hydrogen-bond acceptors (Lipinski definition) is 6. The van der Waals surface area contributed by atoms with Gasteiger partial charge in [-0.15, -0.1) is 6.58 Å². The van der Waals surface area contributed by atoms with Gasteiger partial charge in [-0.2, -0.15) is 0 Å². The smallest absolute Gasteiger partial charge is 0.269 e. The zero-order valence-electron chi connectivity index (χ0n) is 20.8. The molecule has 2 aromatic carbocycles. The average Bonchev–Trinajstić information content (AvgIpc) is 3.26. The molecular formula is C27H32N2O6Si. The Morgan fingerprint density at radius 2 is 1.94 bits per heavy atom. The first kappa shape index (κ1) is 24.7. The summed E-state index contributed by atoms with van der Waals surface area (Å²) in [6.07, 6.45) is 1.53. The van der Waals surface area contributed by atoms with Gasteiger partial charge < -0.3 is 24.3 Å². The topological polar surface area (TPSA) is 99.5 Å². The zero-order chi connectivity index (χ0) is 25.8. The Kier molecular flexibility index (Phi) is 6.07. The van der Waals surface area contributed by atoms with Gasteiger partial charge in [0, 0.05) is 35.9 Å².